The molecule has 0 aliphatic rings. The molecule has 5 nitrogen and oxygen atoms in total. The van der Waals surface area contributed by atoms with E-state index >= 15 is 0 Å². The number of hydrogen-bond acceptors (Lipinski definition) is 4. The summed E-state index contributed by atoms with van der Waals surface area (Å²) in [7, 11) is 0. The summed E-state index contributed by atoms with van der Waals surface area (Å²) in [6.45, 7) is 10.7. The molecule has 2 rings (SSSR count). The van der Waals surface area contributed by atoms with Crippen LogP contribution in [0, 0.1) is 5.92 Å². The average Bonchev–Trinajstić information content (AvgIpc) is 2.75. The Balaban J connectivity index is 2.59. The lowest BCUT2D eigenvalue weighted by molar-refractivity contribution is 0.555. The third-order valence-electron chi connectivity index (χ3n) is 3.36. The molecule has 2 aromatic rings. The third kappa shape index (κ3) is 2.66. The van der Waals surface area contributed by atoms with Gasteiger partial charge in [-0.15, -0.1) is 0 Å². The van der Waals surface area contributed by atoms with Crippen molar-refractivity contribution in [2.75, 3.05) is 5.32 Å². The smallest absolute Gasteiger partial charge is 0.255 e. The summed E-state index contributed by atoms with van der Waals surface area (Å²) in [6.07, 6.45) is 1.49. The molecular formula is C13H20ClN5. The van der Waals surface area contributed by atoms with E-state index < -0.39 is 0 Å². The monoisotopic (exact) mass is 281 g/mol. The second kappa shape index (κ2) is 5.33. The van der Waals surface area contributed by atoms with Crippen LogP contribution in [0.3, 0.4) is 0 Å². The van der Waals surface area contributed by atoms with Gasteiger partial charge in [-0.1, -0.05) is 39.3 Å². The predicted octanol–water partition coefficient (Wildman–Crippen LogP) is 3.36. The van der Waals surface area contributed by atoms with Crippen LogP contribution in [0.25, 0.3) is 5.78 Å². The van der Waals surface area contributed by atoms with Crippen molar-refractivity contribution in [2.24, 2.45) is 5.92 Å². The molecule has 0 saturated heterocycles. The molecule has 6 heteroatoms. The Morgan fingerprint density at radius 1 is 1.21 bits per heavy atom. The highest BCUT2D eigenvalue weighted by Crippen LogP contribution is 2.31. The van der Waals surface area contributed by atoms with Crippen molar-refractivity contribution in [3.05, 3.63) is 17.0 Å². The number of anilines is 1. The molecular weight excluding hydrogens is 262 g/mol. The fourth-order valence-electron chi connectivity index (χ4n) is 1.86. The molecule has 0 radical (unpaired) electrons. The molecule has 0 aliphatic heterocycles. The molecule has 0 saturated carbocycles. The number of hydrogen-bond donors (Lipinski definition) is 1. The van der Waals surface area contributed by atoms with Gasteiger partial charge in [-0.3, -0.25) is 0 Å². The van der Waals surface area contributed by atoms with Crippen molar-refractivity contribution in [3.8, 4) is 0 Å². The van der Waals surface area contributed by atoms with Crippen LogP contribution in [0.2, 0.25) is 5.15 Å². The minimum Gasteiger partial charge on any atom is -0.367 e. The summed E-state index contributed by atoms with van der Waals surface area (Å²) in [6, 6.07) is 0.309. The first-order chi connectivity index (χ1) is 8.91. The topological polar surface area (TPSA) is 55.1 Å². The van der Waals surface area contributed by atoms with Gasteiger partial charge in [-0.2, -0.15) is 19.6 Å². The summed E-state index contributed by atoms with van der Waals surface area (Å²) in [4.78, 5) is 8.39. The fraction of sp³-hybridized carbons (Fsp3) is 0.615. The summed E-state index contributed by atoms with van der Waals surface area (Å²) >= 11 is 6.29. The lowest BCUT2D eigenvalue weighted by Gasteiger charge is -2.23. The molecule has 2 aromatic heterocycles. The van der Waals surface area contributed by atoms with E-state index in [9.17, 15) is 0 Å². The average molecular weight is 282 g/mol. The molecule has 0 bridgehead atoms. The highest BCUT2D eigenvalue weighted by Gasteiger charge is 2.20. The Morgan fingerprint density at radius 3 is 2.47 bits per heavy atom. The lowest BCUT2D eigenvalue weighted by Crippen LogP contribution is -2.24. The molecule has 104 valence electrons. The Kier molecular flexibility index (Phi) is 3.94. The Hall–Kier alpha value is -1.36. The van der Waals surface area contributed by atoms with Crippen LogP contribution >= 0.6 is 11.6 Å². The van der Waals surface area contributed by atoms with Gasteiger partial charge in [0, 0.05) is 11.6 Å². The van der Waals surface area contributed by atoms with Crippen molar-refractivity contribution in [1.29, 1.82) is 0 Å². The number of fused-ring (bicyclic) bond motifs is 1. The van der Waals surface area contributed by atoms with Crippen molar-refractivity contribution < 1.29 is 0 Å². The SMILES string of the molecule is CC(C)c1c(Cl)nc2ncnn2c1NC(C)C(C)C. The first-order valence-electron chi connectivity index (χ1n) is 6.57. The molecule has 19 heavy (non-hydrogen) atoms. The zero-order valence-corrected chi connectivity index (χ0v) is 12.7. The van der Waals surface area contributed by atoms with Gasteiger partial charge < -0.3 is 5.32 Å². The minimum absolute atomic E-state index is 0.260. The van der Waals surface area contributed by atoms with Crippen molar-refractivity contribution >= 4 is 23.2 Å². The number of halogens is 1. The van der Waals surface area contributed by atoms with Gasteiger partial charge in [0.1, 0.15) is 17.3 Å². The fourth-order valence-corrected chi connectivity index (χ4v) is 2.25. The first kappa shape index (κ1) is 14.1. The first-order valence-corrected chi connectivity index (χ1v) is 6.95. The Bertz CT molecular complexity index is 576. The van der Waals surface area contributed by atoms with Crippen molar-refractivity contribution in [3.63, 3.8) is 0 Å². The Morgan fingerprint density at radius 2 is 1.89 bits per heavy atom. The van der Waals surface area contributed by atoms with E-state index in [1.54, 1.807) is 4.52 Å². The largest absolute Gasteiger partial charge is 0.367 e. The van der Waals surface area contributed by atoms with E-state index in [1.807, 2.05) is 0 Å². The summed E-state index contributed by atoms with van der Waals surface area (Å²) < 4.78 is 1.72. The maximum Gasteiger partial charge on any atom is 0.255 e. The van der Waals surface area contributed by atoms with Crippen LogP contribution in [0.5, 0.6) is 0 Å². The summed E-state index contributed by atoms with van der Waals surface area (Å²) in [5, 5.41) is 8.23. The van der Waals surface area contributed by atoms with E-state index in [2.05, 4.69) is 55.0 Å². The predicted molar refractivity (Wildman–Crippen MR) is 77.8 cm³/mol. The molecule has 0 fully saturated rings. The number of rotatable bonds is 4. The molecule has 1 N–H and O–H groups in total. The maximum absolute atomic E-state index is 6.29. The maximum atomic E-state index is 6.29. The molecule has 0 amide bonds. The molecule has 0 aliphatic carbocycles. The zero-order valence-electron chi connectivity index (χ0n) is 12.0. The van der Waals surface area contributed by atoms with E-state index in [0.29, 0.717) is 22.9 Å². The van der Waals surface area contributed by atoms with Crippen LogP contribution in [-0.4, -0.2) is 25.6 Å². The van der Waals surface area contributed by atoms with E-state index in [4.69, 9.17) is 11.6 Å². The highest BCUT2D eigenvalue weighted by atomic mass is 35.5. The van der Waals surface area contributed by atoms with Crippen LogP contribution < -0.4 is 5.32 Å². The zero-order chi connectivity index (χ0) is 14.2. The molecule has 0 spiro atoms. The molecule has 1 atom stereocenters. The van der Waals surface area contributed by atoms with Crippen LogP contribution in [0.15, 0.2) is 6.33 Å². The van der Waals surface area contributed by atoms with E-state index in [-0.39, 0.29) is 5.92 Å². The van der Waals surface area contributed by atoms with Gasteiger partial charge in [0.15, 0.2) is 0 Å². The van der Waals surface area contributed by atoms with Gasteiger partial charge in [0.2, 0.25) is 0 Å². The second-order valence-electron chi connectivity index (χ2n) is 5.47. The summed E-state index contributed by atoms with van der Waals surface area (Å²) in [5.41, 5.74) is 0.979. The van der Waals surface area contributed by atoms with E-state index in [0.717, 1.165) is 11.4 Å². The van der Waals surface area contributed by atoms with Gasteiger partial charge in [0.25, 0.3) is 5.78 Å². The van der Waals surface area contributed by atoms with Crippen molar-refractivity contribution in [2.45, 2.75) is 46.6 Å². The highest BCUT2D eigenvalue weighted by molar-refractivity contribution is 6.30. The minimum atomic E-state index is 0.260. The van der Waals surface area contributed by atoms with Crippen LogP contribution in [0.4, 0.5) is 5.82 Å². The van der Waals surface area contributed by atoms with Crippen LogP contribution in [-0.2, 0) is 0 Å². The van der Waals surface area contributed by atoms with Gasteiger partial charge in [0.05, 0.1) is 0 Å². The van der Waals surface area contributed by atoms with E-state index in [1.165, 1.54) is 6.33 Å². The lowest BCUT2D eigenvalue weighted by atomic mass is 10.0. The van der Waals surface area contributed by atoms with Gasteiger partial charge in [-0.25, -0.2) is 0 Å². The normalized spacial score (nSPS) is 13.5. The van der Waals surface area contributed by atoms with Crippen LogP contribution in [0.1, 0.15) is 46.1 Å². The number of nitrogens with zero attached hydrogens (tertiary/aromatic N) is 4. The second-order valence-corrected chi connectivity index (χ2v) is 5.83. The quantitative estimate of drug-likeness (QED) is 0.873. The summed E-state index contributed by atoms with van der Waals surface area (Å²) in [5.74, 6) is 2.18. The number of nitrogens with one attached hydrogen (secondary N) is 1. The van der Waals surface area contributed by atoms with Gasteiger partial charge >= 0.3 is 0 Å². The Labute approximate surface area is 118 Å². The van der Waals surface area contributed by atoms with Gasteiger partial charge in [-0.05, 0) is 18.8 Å². The molecule has 1 unspecified atom stereocenters. The molecule has 2 heterocycles. The molecule has 0 aromatic carbocycles. The standard InChI is InChI=1S/C13H20ClN5/c1-7(2)9(5)17-12-10(8(3)4)11(14)18-13-15-6-16-19(12)13/h6-9,17H,1-5H3. The van der Waals surface area contributed by atoms with Crippen molar-refractivity contribution in [1.82, 2.24) is 19.6 Å². The third-order valence-corrected chi connectivity index (χ3v) is 3.65. The number of aromatic nitrogens is 4.